The van der Waals surface area contributed by atoms with E-state index in [0.29, 0.717) is 17.8 Å². The Morgan fingerprint density at radius 1 is 1.33 bits per heavy atom. The van der Waals surface area contributed by atoms with Crippen LogP contribution < -0.4 is 5.32 Å². The highest BCUT2D eigenvalue weighted by atomic mass is 19.1. The quantitative estimate of drug-likeness (QED) is 0.558. The minimum Gasteiger partial charge on any atom is -0.325 e. The van der Waals surface area contributed by atoms with Gasteiger partial charge in [-0.15, -0.1) is 0 Å². The lowest BCUT2D eigenvalue weighted by Gasteiger charge is -2.15. The maximum Gasteiger partial charge on any atom is 0.238 e. The van der Waals surface area contributed by atoms with Gasteiger partial charge in [0.05, 0.1) is 18.4 Å². The summed E-state index contributed by atoms with van der Waals surface area (Å²) in [6, 6.07) is 3.19. The average molecular weight is 449 g/mol. The number of aryl methyl sites for hydroxylation is 2. The van der Waals surface area contributed by atoms with Gasteiger partial charge in [-0.05, 0) is 75.2 Å². The number of aromatic nitrogens is 4. The molecular weight excluding hydrogens is 419 g/mol. The molecule has 1 aliphatic heterocycles. The Morgan fingerprint density at radius 3 is 2.73 bits per heavy atom. The minimum atomic E-state index is -0.383. The normalized spacial score (nSPS) is 14.6. The molecule has 1 aliphatic rings. The zero-order valence-electron chi connectivity index (χ0n) is 19.3. The summed E-state index contributed by atoms with van der Waals surface area (Å²) in [5, 5.41) is 14.4. The monoisotopic (exact) mass is 448 g/mol. The van der Waals surface area contributed by atoms with Crippen molar-refractivity contribution in [2.45, 2.75) is 26.7 Å². The van der Waals surface area contributed by atoms with Gasteiger partial charge in [0, 0.05) is 35.6 Å². The SMILES string of the molecule is C=Cc1[nH]nc(-c2cnn(C)c2)c1/C=C(\C)c1c(C)cc(NC(=O)CN2CCCC2)cc1F. The van der Waals surface area contributed by atoms with Crippen molar-refractivity contribution in [2.24, 2.45) is 7.05 Å². The van der Waals surface area contributed by atoms with Crippen LogP contribution in [-0.4, -0.2) is 50.4 Å². The van der Waals surface area contributed by atoms with Gasteiger partial charge in [-0.2, -0.15) is 10.2 Å². The van der Waals surface area contributed by atoms with Gasteiger partial charge >= 0.3 is 0 Å². The standard InChI is InChI=1S/C25H29FN6O/c1-5-22-20(25(30-29-22)18-13-27-31(4)14-18)11-17(3)24-16(2)10-19(12-21(24)26)28-23(33)15-32-8-6-7-9-32/h5,10-14H,1,6-9,15H2,2-4H3,(H,28,33)(H,29,30)/b17-11+. The summed E-state index contributed by atoms with van der Waals surface area (Å²) < 4.78 is 16.9. The van der Waals surface area contributed by atoms with Gasteiger partial charge in [-0.3, -0.25) is 19.5 Å². The molecule has 3 aromatic rings. The third-order valence-corrected chi connectivity index (χ3v) is 5.91. The van der Waals surface area contributed by atoms with E-state index < -0.39 is 0 Å². The third-order valence-electron chi connectivity index (χ3n) is 5.91. The molecule has 2 N–H and O–H groups in total. The number of allylic oxidation sites excluding steroid dienone is 1. The molecule has 1 saturated heterocycles. The highest BCUT2D eigenvalue weighted by Crippen LogP contribution is 2.31. The molecule has 0 atom stereocenters. The summed E-state index contributed by atoms with van der Waals surface area (Å²) in [6.07, 6.45) is 9.44. The number of nitrogens with one attached hydrogen (secondary N) is 2. The van der Waals surface area contributed by atoms with Gasteiger partial charge in [0.15, 0.2) is 0 Å². The minimum absolute atomic E-state index is 0.120. The molecule has 4 rings (SSSR count). The molecule has 1 amide bonds. The van der Waals surface area contributed by atoms with Gasteiger partial charge in [0.1, 0.15) is 11.5 Å². The van der Waals surface area contributed by atoms with Crippen molar-refractivity contribution in [3.05, 3.63) is 59.3 Å². The molecule has 0 spiro atoms. The summed E-state index contributed by atoms with van der Waals surface area (Å²) in [5.74, 6) is -0.502. The Labute approximate surface area is 193 Å². The van der Waals surface area contributed by atoms with Crippen LogP contribution in [0.4, 0.5) is 10.1 Å². The van der Waals surface area contributed by atoms with E-state index in [-0.39, 0.29) is 11.7 Å². The molecule has 7 nitrogen and oxygen atoms in total. The lowest BCUT2D eigenvalue weighted by Crippen LogP contribution is -2.30. The Morgan fingerprint density at radius 2 is 2.09 bits per heavy atom. The number of amides is 1. The molecule has 1 fully saturated rings. The average Bonchev–Trinajstić information content (AvgIpc) is 3.49. The molecule has 172 valence electrons. The maximum atomic E-state index is 15.2. The number of H-pyrrole nitrogens is 1. The molecular formula is C25H29FN6O. The molecule has 3 heterocycles. The van der Waals surface area contributed by atoms with Crippen LogP contribution in [0.25, 0.3) is 29.0 Å². The summed E-state index contributed by atoms with van der Waals surface area (Å²) in [6.45, 7) is 9.77. The van der Waals surface area contributed by atoms with E-state index in [2.05, 4.69) is 32.1 Å². The molecule has 0 unspecified atom stereocenters. The van der Waals surface area contributed by atoms with E-state index in [1.165, 1.54) is 6.07 Å². The fourth-order valence-corrected chi connectivity index (χ4v) is 4.38. The molecule has 0 saturated carbocycles. The fraction of sp³-hybridized carbons (Fsp3) is 0.320. The van der Waals surface area contributed by atoms with Crippen molar-refractivity contribution in [3.8, 4) is 11.3 Å². The van der Waals surface area contributed by atoms with Gasteiger partial charge in [-0.25, -0.2) is 4.39 Å². The van der Waals surface area contributed by atoms with E-state index >= 15 is 4.39 Å². The summed E-state index contributed by atoms with van der Waals surface area (Å²) in [5.41, 5.74) is 5.60. The van der Waals surface area contributed by atoms with Crippen molar-refractivity contribution in [1.82, 2.24) is 24.9 Å². The highest BCUT2D eigenvalue weighted by molar-refractivity contribution is 5.93. The lowest BCUT2D eigenvalue weighted by molar-refractivity contribution is -0.117. The van der Waals surface area contributed by atoms with Gasteiger partial charge in [0.2, 0.25) is 5.91 Å². The van der Waals surface area contributed by atoms with E-state index in [9.17, 15) is 4.79 Å². The summed E-state index contributed by atoms with van der Waals surface area (Å²) in [7, 11) is 1.84. The van der Waals surface area contributed by atoms with Crippen LogP contribution in [0.2, 0.25) is 0 Å². The van der Waals surface area contributed by atoms with Crippen molar-refractivity contribution in [2.75, 3.05) is 25.0 Å². The van der Waals surface area contributed by atoms with Crippen molar-refractivity contribution in [1.29, 1.82) is 0 Å². The molecule has 2 aromatic heterocycles. The predicted molar refractivity (Wildman–Crippen MR) is 130 cm³/mol. The first-order valence-corrected chi connectivity index (χ1v) is 11.1. The van der Waals surface area contributed by atoms with E-state index in [4.69, 9.17) is 0 Å². The number of aromatic amines is 1. The number of hydrogen-bond acceptors (Lipinski definition) is 4. The number of hydrogen-bond donors (Lipinski definition) is 2. The first-order chi connectivity index (χ1) is 15.9. The van der Waals surface area contributed by atoms with Gasteiger partial charge < -0.3 is 5.32 Å². The van der Waals surface area contributed by atoms with E-state index in [1.54, 1.807) is 17.0 Å². The third kappa shape index (κ3) is 4.96. The number of rotatable bonds is 7. The van der Waals surface area contributed by atoms with Crippen LogP contribution in [-0.2, 0) is 11.8 Å². The van der Waals surface area contributed by atoms with Crippen LogP contribution in [0.15, 0.2) is 31.1 Å². The van der Waals surface area contributed by atoms with Crippen molar-refractivity contribution < 1.29 is 9.18 Å². The van der Waals surface area contributed by atoms with Crippen molar-refractivity contribution in [3.63, 3.8) is 0 Å². The molecule has 1 aromatic carbocycles. The summed E-state index contributed by atoms with van der Waals surface area (Å²) in [4.78, 5) is 14.5. The van der Waals surface area contributed by atoms with Gasteiger partial charge in [-0.1, -0.05) is 6.58 Å². The molecule has 0 aliphatic carbocycles. The Hall–Kier alpha value is -3.52. The fourth-order valence-electron chi connectivity index (χ4n) is 4.38. The first-order valence-electron chi connectivity index (χ1n) is 11.1. The second kappa shape index (κ2) is 9.54. The van der Waals surface area contributed by atoms with E-state index in [0.717, 1.165) is 59.6 Å². The van der Waals surface area contributed by atoms with Gasteiger partial charge in [0.25, 0.3) is 0 Å². The first kappa shape index (κ1) is 22.7. The second-order valence-corrected chi connectivity index (χ2v) is 8.52. The zero-order chi connectivity index (χ0) is 23.5. The largest absolute Gasteiger partial charge is 0.325 e. The van der Waals surface area contributed by atoms with E-state index in [1.807, 2.05) is 39.2 Å². The summed E-state index contributed by atoms with van der Waals surface area (Å²) >= 11 is 0. The highest BCUT2D eigenvalue weighted by Gasteiger charge is 2.18. The predicted octanol–water partition coefficient (Wildman–Crippen LogP) is 4.50. The number of anilines is 1. The smallest absolute Gasteiger partial charge is 0.238 e. The molecule has 8 heteroatoms. The Balaban J connectivity index is 1.61. The maximum absolute atomic E-state index is 15.2. The Bertz CT molecular complexity index is 1190. The van der Waals surface area contributed by atoms with Crippen molar-refractivity contribution >= 4 is 29.3 Å². The number of carbonyl (C=O) groups is 1. The number of likely N-dealkylation sites (tertiary alicyclic amines) is 1. The molecule has 0 bridgehead atoms. The number of halogens is 1. The topological polar surface area (TPSA) is 78.8 Å². The lowest BCUT2D eigenvalue weighted by atomic mass is 9.97. The number of nitrogens with zero attached hydrogens (tertiary/aromatic N) is 4. The van der Waals surface area contributed by atoms with Crippen LogP contribution >= 0.6 is 0 Å². The number of carbonyl (C=O) groups excluding carboxylic acids is 1. The van der Waals surface area contributed by atoms with Crippen LogP contribution in [0.3, 0.4) is 0 Å². The number of benzene rings is 1. The zero-order valence-corrected chi connectivity index (χ0v) is 19.3. The van der Waals surface area contributed by atoms with Crippen LogP contribution in [0.1, 0.15) is 42.1 Å². The Kier molecular flexibility index (Phi) is 6.55. The van der Waals surface area contributed by atoms with Crippen LogP contribution in [0.5, 0.6) is 0 Å². The second-order valence-electron chi connectivity index (χ2n) is 8.52. The van der Waals surface area contributed by atoms with Crippen LogP contribution in [0, 0.1) is 12.7 Å². The molecule has 33 heavy (non-hydrogen) atoms. The molecule has 0 radical (unpaired) electrons.